The van der Waals surface area contributed by atoms with E-state index in [9.17, 15) is 9.59 Å². The van der Waals surface area contributed by atoms with Crippen molar-refractivity contribution < 1.29 is 18.3 Å². The predicted molar refractivity (Wildman–Crippen MR) is 169 cm³/mol. The molecule has 10 heteroatoms. The van der Waals surface area contributed by atoms with Crippen LogP contribution < -0.4 is 20.4 Å². The third-order valence-electron chi connectivity index (χ3n) is 9.30. The number of nitrogens with one attached hydrogen (secondary N) is 1. The number of benzene rings is 3. The molecule has 0 atom stereocenters. The van der Waals surface area contributed by atoms with Gasteiger partial charge in [0.2, 0.25) is 5.43 Å². The van der Waals surface area contributed by atoms with Gasteiger partial charge in [0.25, 0.3) is 5.91 Å². The Morgan fingerprint density at radius 3 is 2.57 bits per heavy atom. The second kappa shape index (κ2) is 10.6. The lowest BCUT2D eigenvalue weighted by Crippen LogP contribution is -2.45. The SMILES string of the molecule is CN1CCN(CCCNC(=O)c2cn3c4c(c(N5CCCC5)c(F)cc4c2=O)Oc2cc4c(cc2-3)oc2ccccc24)CC1. The summed E-state index contributed by atoms with van der Waals surface area (Å²) in [4.78, 5) is 34.0. The van der Waals surface area contributed by atoms with Gasteiger partial charge >= 0.3 is 0 Å². The molecular weight excluding hydrogens is 561 g/mol. The first kappa shape index (κ1) is 27.2. The Morgan fingerprint density at radius 2 is 1.75 bits per heavy atom. The number of piperazine rings is 1. The van der Waals surface area contributed by atoms with Gasteiger partial charge in [-0.3, -0.25) is 9.59 Å². The number of hydrogen-bond acceptors (Lipinski definition) is 7. The van der Waals surface area contributed by atoms with Gasteiger partial charge in [-0.05, 0) is 51.1 Å². The van der Waals surface area contributed by atoms with Gasteiger partial charge in [-0.1, -0.05) is 18.2 Å². The molecule has 0 bridgehead atoms. The first-order valence-corrected chi connectivity index (χ1v) is 15.5. The number of carbonyl (C=O) groups is 1. The van der Waals surface area contributed by atoms with Crippen molar-refractivity contribution in [2.45, 2.75) is 19.3 Å². The number of carbonyl (C=O) groups excluding carboxylic acids is 1. The van der Waals surface area contributed by atoms with E-state index in [0.717, 1.165) is 68.3 Å². The van der Waals surface area contributed by atoms with Crippen LogP contribution in [0.1, 0.15) is 29.6 Å². The van der Waals surface area contributed by atoms with Crippen molar-refractivity contribution in [1.29, 1.82) is 0 Å². The van der Waals surface area contributed by atoms with E-state index in [1.54, 1.807) is 10.8 Å². The van der Waals surface area contributed by atoms with E-state index >= 15 is 4.39 Å². The highest BCUT2D eigenvalue weighted by molar-refractivity contribution is 6.07. The van der Waals surface area contributed by atoms with Crippen LogP contribution in [0.15, 0.2) is 57.9 Å². The number of amides is 1. The Balaban J connectivity index is 1.22. The smallest absolute Gasteiger partial charge is 0.256 e. The number of hydrogen-bond donors (Lipinski definition) is 1. The number of likely N-dealkylation sites (N-methyl/N-ethyl adjacent to an activating group) is 1. The number of pyridine rings is 1. The van der Waals surface area contributed by atoms with Gasteiger partial charge in [-0.2, -0.15) is 0 Å². The number of rotatable bonds is 6. The van der Waals surface area contributed by atoms with Gasteiger partial charge in [0.1, 0.15) is 27.9 Å². The van der Waals surface area contributed by atoms with Gasteiger partial charge in [-0.15, -0.1) is 0 Å². The third-order valence-corrected chi connectivity index (χ3v) is 9.30. The Labute approximate surface area is 253 Å². The minimum absolute atomic E-state index is 0.0334. The Kier molecular flexibility index (Phi) is 6.57. The number of fused-ring (bicyclic) bond motifs is 5. The molecule has 0 spiro atoms. The molecule has 0 aliphatic carbocycles. The van der Waals surface area contributed by atoms with E-state index < -0.39 is 17.2 Å². The summed E-state index contributed by atoms with van der Waals surface area (Å²) in [5, 5.41) is 4.87. The lowest BCUT2D eigenvalue weighted by atomic mass is 10.0. The average Bonchev–Trinajstić information content (AvgIpc) is 3.68. The number of anilines is 1. The number of aromatic nitrogens is 1. The quantitative estimate of drug-likeness (QED) is 0.268. The highest BCUT2D eigenvalue weighted by Gasteiger charge is 2.32. The molecule has 2 aromatic heterocycles. The van der Waals surface area contributed by atoms with E-state index in [-0.39, 0.29) is 10.9 Å². The van der Waals surface area contributed by atoms with Crippen LogP contribution in [0.2, 0.25) is 0 Å². The maximum absolute atomic E-state index is 15.9. The first-order valence-electron chi connectivity index (χ1n) is 15.5. The highest BCUT2D eigenvalue weighted by Crippen LogP contribution is 2.48. The lowest BCUT2D eigenvalue weighted by molar-refractivity contribution is 0.0948. The van der Waals surface area contributed by atoms with Crippen LogP contribution in [0.5, 0.6) is 11.5 Å². The number of furan rings is 1. The second-order valence-corrected chi connectivity index (χ2v) is 12.1. The summed E-state index contributed by atoms with van der Waals surface area (Å²) in [5.41, 5.74) is 2.28. The summed E-state index contributed by atoms with van der Waals surface area (Å²) in [6.45, 7) is 6.81. The minimum atomic E-state index is -0.527. The van der Waals surface area contributed by atoms with Crippen LogP contribution in [0.4, 0.5) is 10.1 Å². The molecule has 5 aromatic rings. The molecule has 0 unspecified atom stereocenters. The maximum atomic E-state index is 15.9. The van der Waals surface area contributed by atoms with Crippen LogP contribution in [0.3, 0.4) is 0 Å². The van der Waals surface area contributed by atoms with Gasteiger partial charge in [0.05, 0.1) is 11.1 Å². The fraction of sp³-hybridized carbons (Fsp3) is 0.353. The predicted octanol–water partition coefficient (Wildman–Crippen LogP) is 5.10. The molecule has 5 heterocycles. The molecule has 2 fully saturated rings. The summed E-state index contributed by atoms with van der Waals surface area (Å²) in [6, 6.07) is 12.8. The van der Waals surface area contributed by atoms with E-state index in [1.165, 1.54) is 6.07 Å². The van der Waals surface area contributed by atoms with E-state index in [0.29, 0.717) is 53.6 Å². The molecule has 9 nitrogen and oxygen atoms in total. The third kappa shape index (κ3) is 4.43. The van der Waals surface area contributed by atoms with Crippen molar-refractivity contribution in [3.05, 3.63) is 70.3 Å². The van der Waals surface area contributed by atoms with Crippen molar-refractivity contribution in [1.82, 2.24) is 19.7 Å². The van der Waals surface area contributed by atoms with Crippen molar-refractivity contribution in [2.75, 3.05) is 64.3 Å². The molecule has 2 saturated heterocycles. The van der Waals surface area contributed by atoms with Crippen molar-refractivity contribution in [3.63, 3.8) is 0 Å². The largest absolute Gasteiger partial charge is 0.456 e. The molecule has 44 heavy (non-hydrogen) atoms. The van der Waals surface area contributed by atoms with Crippen molar-refractivity contribution in [2.24, 2.45) is 0 Å². The fourth-order valence-corrected chi connectivity index (χ4v) is 6.89. The zero-order valence-electron chi connectivity index (χ0n) is 24.7. The molecule has 0 radical (unpaired) electrons. The molecule has 3 aliphatic heterocycles. The van der Waals surface area contributed by atoms with Gasteiger partial charge in [0.15, 0.2) is 17.3 Å². The number of ether oxygens (including phenoxy) is 1. The molecule has 226 valence electrons. The summed E-state index contributed by atoms with van der Waals surface area (Å²) in [7, 11) is 2.12. The monoisotopic (exact) mass is 595 g/mol. The van der Waals surface area contributed by atoms with Crippen LogP contribution in [-0.4, -0.2) is 79.7 Å². The number of halogens is 1. The van der Waals surface area contributed by atoms with Gasteiger partial charge in [0, 0.05) is 68.8 Å². The zero-order valence-corrected chi connectivity index (χ0v) is 24.7. The number of nitrogens with zero attached hydrogens (tertiary/aromatic N) is 4. The molecule has 0 saturated carbocycles. The van der Waals surface area contributed by atoms with Crippen molar-refractivity contribution in [3.8, 4) is 17.2 Å². The Bertz CT molecular complexity index is 2000. The molecule has 3 aliphatic rings. The second-order valence-electron chi connectivity index (χ2n) is 12.1. The first-order chi connectivity index (χ1) is 21.5. The van der Waals surface area contributed by atoms with E-state index in [4.69, 9.17) is 9.15 Å². The highest BCUT2D eigenvalue weighted by atomic mass is 19.1. The normalized spacial score (nSPS) is 17.0. The topological polar surface area (TPSA) is 83.2 Å². The molecular formula is C34H34FN5O4. The average molecular weight is 596 g/mol. The Morgan fingerprint density at radius 1 is 0.955 bits per heavy atom. The molecule has 1 N–H and O–H groups in total. The maximum Gasteiger partial charge on any atom is 0.256 e. The van der Waals surface area contributed by atoms with Crippen LogP contribution in [0.25, 0.3) is 38.5 Å². The summed E-state index contributed by atoms with van der Waals surface area (Å²) in [5.74, 6) is -0.188. The van der Waals surface area contributed by atoms with Gasteiger partial charge < -0.3 is 33.7 Å². The Hall–Kier alpha value is -4.41. The van der Waals surface area contributed by atoms with E-state index in [1.807, 2.05) is 41.3 Å². The molecule has 3 aromatic carbocycles. The van der Waals surface area contributed by atoms with E-state index in [2.05, 4.69) is 22.2 Å². The standard InChI is InChI=1S/C34H34FN5O4/c1-37-13-15-38(16-14-37)10-6-9-36-34(42)24-20-40-26-19-28-22(21-7-2-3-8-27(21)43-28)18-29(26)44-33-30(40)23(32(24)41)17-25(35)31(33)39-11-4-5-12-39/h2-3,7-8,17-20H,4-6,9-16H2,1H3,(H,36,42). The lowest BCUT2D eigenvalue weighted by Gasteiger charge is -2.32. The summed E-state index contributed by atoms with van der Waals surface area (Å²) < 4.78 is 30.4. The zero-order chi connectivity index (χ0) is 29.9. The summed E-state index contributed by atoms with van der Waals surface area (Å²) in [6.07, 6.45) is 4.26. The van der Waals surface area contributed by atoms with Gasteiger partial charge in [-0.25, -0.2) is 4.39 Å². The summed E-state index contributed by atoms with van der Waals surface area (Å²) >= 11 is 0. The van der Waals surface area contributed by atoms with Crippen LogP contribution >= 0.6 is 0 Å². The minimum Gasteiger partial charge on any atom is -0.456 e. The fourth-order valence-electron chi connectivity index (χ4n) is 6.89. The molecule has 1 amide bonds. The van der Waals surface area contributed by atoms with Crippen LogP contribution in [0, 0.1) is 5.82 Å². The van der Waals surface area contributed by atoms with Crippen LogP contribution in [-0.2, 0) is 0 Å². The number of para-hydroxylation sites is 1. The van der Waals surface area contributed by atoms with Crippen molar-refractivity contribution >= 4 is 44.4 Å². The molecule has 8 rings (SSSR count).